The van der Waals surface area contributed by atoms with Crippen LogP contribution in [0.5, 0.6) is 0 Å². The van der Waals surface area contributed by atoms with Gasteiger partial charge in [0.15, 0.2) is 0 Å². The van der Waals surface area contributed by atoms with E-state index in [1.165, 1.54) is 10.6 Å². The number of nitrogens with zero attached hydrogens (tertiary/aromatic N) is 1. The van der Waals surface area contributed by atoms with Gasteiger partial charge in [0, 0.05) is 6.04 Å². The van der Waals surface area contributed by atoms with Gasteiger partial charge in [0.05, 0.1) is 16.6 Å². The number of aromatic carboxylic acids is 1. The minimum absolute atomic E-state index is 0.0310. The van der Waals surface area contributed by atoms with E-state index in [9.17, 15) is 19.5 Å². The number of para-hydroxylation sites is 1. The van der Waals surface area contributed by atoms with Gasteiger partial charge in [-0.1, -0.05) is 18.9 Å². The van der Waals surface area contributed by atoms with Crippen LogP contribution in [0.15, 0.2) is 27.8 Å². The number of aromatic amines is 1. The Labute approximate surface area is 120 Å². The molecule has 6 nitrogen and oxygen atoms in total. The molecule has 1 saturated carbocycles. The molecule has 1 heterocycles. The molecule has 1 aliphatic carbocycles. The molecule has 0 aliphatic heterocycles. The standard InChI is InChI=1S/C15H16N2O4/c1-8(7-9-5-6-9)17-12-10(15(20)21)3-2-4-11(12)16-13(18)14(17)19/h2-4,8-9H,5-7H2,1H3,(H,16,18)(H,20,21). The number of carboxylic acids is 1. The zero-order valence-corrected chi connectivity index (χ0v) is 11.6. The summed E-state index contributed by atoms with van der Waals surface area (Å²) in [4.78, 5) is 37.9. The predicted octanol–water partition coefficient (Wildman–Crippen LogP) is 1.75. The fourth-order valence-corrected chi connectivity index (χ4v) is 2.83. The molecule has 21 heavy (non-hydrogen) atoms. The first-order chi connectivity index (χ1) is 9.99. The maximum atomic E-state index is 12.2. The highest BCUT2D eigenvalue weighted by molar-refractivity contribution is 6.00. The third-order valence-corrected chi connectivity index (χ3v) is 3.98. The molecule has 0 spiro atoms. The van der Waals surface area contributed by atoms with Crippen LogP contribution in [0.25, 0.3) is 11.0 Å². The summed E-state index contributed by atoms with van der Waals surface area (Å²) >= 11 is 0. The number of fused-ring (bicyclic) bond motifs is 1. The maximum Gasteiger partial charge on any atom is 0.337 e. The smallest absolute Gasteiger partial charge is 0.337 e. The summed E-state index contributed by atoms with van der Waals surface area (Å²) in [6, 6.07) is 4.42. The van der Waals surface area contributed by atoms with E-state index in [2.05, 4.69) is 4.98 Å². The number of nitrogens with one attached hydrogen (secondary N) is 1. The van der Waals surface area contributed by atoms with Gasteiger partial charge in [-0.15, -0.1) is 0 Å². The van der Waals surface area contributed by atoms with E-state index in [-0.39, 0.29) is 11.6 Å². The molecule has 0 radical (unpaired) electrons. The van der Waals surface area contributed by atoms with Gasteiger partial charge in [0.2, 0.25) is 0 Å². The minimum Gasteiger partial charge on any atom is -0.478 e. The van der Waals surface area contributed by atoms with Crippen LogP contribution in [-0.2, 0) is 0 Å². The van der Waals surface area contributed by atoms with Gasteiger partial charge < -0.3 is 10.1 Å². The van der Waals surface area contributed by atoms with Gasteiger partial charge in [0.1, 0.15) is 0 Å². The summed E-state index contributed by atoms with van der Waals surface area (Å²) in [5.74, 6) is -0.544. The van der Waals surface area contributed by atoms with E-state index in [1.54, 1.807) is 12.1 Å². The van der Waals surface area contributed by atoms with Crippen LogP contribution in [0.3, 0.4) is 0 Å². The number of carboxylic acid groups (broad SMARTS) is 1. The van der Waals surface area contributed by atoms with Crippen molar-refractivity contribution in [3.05, 3.63) is 44.5 Å². The lowest BCUT2D eigenvalue weighted by Crippen LogP contribution is -2.38. The van der Waals surface area contributed by atoms with E-state index in [4.69, 9.17) is 0 Å². The van der Waals surface area contributed by atoms with Crippen molar-refractivity contribution in [1.29, 1.82) is 0 Å². The van der Waals surface area contributed by atoms with Crippen LogP contribution in [0.2, 0.25) is 0 Å². The van der Waals surface area contributed by atoms with E-state index in [0.717, 1.165) is 19.3 Å². The molecule has 0 amide bonds. The Morgan fingerprint density at radius 1 is 1.43 bits per heavy atom. The highest BCUT2D eigenvalue weighted by Crippen LogP contribution is 2.37. The van der Waals surface area contributed by atoms with Gasteiger partial charge in [-0.25, -0.2) is 4.79 Å². The van der Waals surface area contributed by atoms with Crippen molar-refractivity contribution >= 4 is 17.0 Å². The zero-order chi connectivity index (χ0) is 15.1. The fraction of sp³-hybridized carbons (Fsp3) is 0.400. The Morgan fingerprint density at radius 3 is 2.76 bits per heavy atom. The molecule has 6 heteroatoms. The van der Waals surface area contributed by atoms with Crippen LogP contribution < -0.4 is 11.1 Å². The molecule has 1 aliphatic rings. The summed E-state index contributed by atoms with van der Waals surface area (Å²) in [5.41, 5.74) is -0.703. The quantitative estimate of drug-likeness (QED) is 0.838. The van der Waals surface area contributed by atoms with Crippen molar-refractivity contribution in [2.75, 3.05) is 0 Å². The summed E-state index contributed by atoms with van der Waals surface area (Å²) < 4.78 is 1.34. The molecular weight excluding hydrogens is 272 g/mol. The second-order valence-corrected chi connectivity index (χ2v) is 5.66. The third kappa shape index (κ3) is 2.37. The van der Waals surface area contributed by atoms with Crippen molar-refractivity contribution in [2.24, 2.45) is 5.92 Å². The Balaban J connectivity index is 2.32. The monoisotopic (exact) mass is 288 g/mol. The van der Waals surface area contributed by atoms with Crippen molar-refractivity contribution in [2.45, 2.75) is 32.2 Å². The number of benzene rings is 1. The molecule has 0 bridgehead atoms. The Bertz CT molecular complexity index is 830. The van der Waals surface area contributed by atoms with Crippen molar-refractivity contribution in [3.63, 3.8) is 0 Å². The lowest BCUT2D eigenvalue weighted by atomic mass is 10.1. The molecule has 1 aromatic carbocycles. The molecule has 0 saturated heterocycles. The summed E-state index contributed by atoms with van der Waals surface area (Å²) in [6.45, 7) is 1.86. The van der Waals surface area contributed by atoms with Crippen LogP contribution in [0.4, 0.5) is 0 Å². The first-order valence-corrected chi connectivity index (χ1v) is 7.00. The average molecular weight is 288 g/mol. The second kappa shape index (κ2) is 4.87. The van der Waals surface area contributed by atoms with Crippen LogP contribution in [0, 0.1) is 5.92 Å². The molecule has 1 fully saturated rings. The summed E-state index contributed by atoms with van der Waals surface area (Å²) in [7, 11) is 0. The second-order valence-electron chi connectivity index (χ2n) is 5.66. The highest BCUT2D eigenvalue weighted by Gasteiger charge is 2.26. The Hall–Kier alpha value is -2.37. The van der Waals surface area contributed by atoms with Gasteiger partial charge in [-0.05, 0) is 31.4 Å². The topological polar surface area (TPSA) is 92.2 Å². The van der Waals surface area contributed by atoms with E-state index in [0.29, 0.717) is 17.0 Å². The number of H-pyrrole nitrogens is 1. The Morgan fingerprint density at radius 2 is 2.14 bits per heavy atom. The first-order valence-electron chi connectivity index (χ1n) is 7.00. The maximum absolute atomic E-state index is 12.2. The minimum atomic E-state index is -1.11. The van der Waals surface area contributed by atoms with Crippen LogP contribution in [-0.4, -0.2) is 20.6 Å². The molecule has 1 atom stereocenters. The normalized spacial score (nSPS) is 16.0. The van der Waals surface area contributed by atoms with E-state index in [1.807, 2.05) is 6.92 Å². The lowest BCUT2D eigenvalue weighted by molar-refractivity contribution is 0.0698. The lowest BCUT2D eigenvalue weighted by Gasteiger charge is -2.18. The zero-order valence-electron chi connectivity index (χ0n) is 11.6. The number of hydrogen-bond acceptors (Lipinski definition) is 3. The van der Waals surface area contributed by atoms with Gasteiger partial charge in [-0.2, -0.15) is 0 Å². The number of carbonyl (C=O) groups is 1. The Kier molecular flexibility index (Phi) is 3.16. The van der Waals surface area contributed by atoms with Gasteiger partial charge in [-0.3, -0.25) is 14.2 Å². The van der Waals surface area contributed by atoms with Crippen LogP contribution in [0.1, 0.15) is 42.6 Å². The van der Waals surface area contributed by atoms with Crippen molar-refractivity contribution < 1.29 is 9.90 Å². The summed E-state index contributed by atoms with van der Waals surface area (Å²) in [6.07, 6.45) is 3.05. The average Bonchev–Trinajstić information content (AvgIpc) is 3.23. The summed E-state index contributed by atoms with van der Waals surface area (Å²) in [5, 5.41) is 9.34. The first kappa shape index (κ1) is 13.6. The fourth-order valence-electron chi connectivity index (χ4n) is 2.83. The van der Waals surface area contributed by atoms with Crippen molar-refractivity contribution in [3.8, 4) is 0 Å². The molecule has 110 valence electrons. The van der Waals surface area contributed by atoms with Crippen LogP contribution >= 0.6 is 0 Å². The SMILES string of the molecule is CC(CC1CC1)n1c(=O)c(=O)[nH]c2cccc(C(=O)O)c21. The third-order valence-electron chi connectivity index (χ3n) is 3.98. The number of rotatable bonds is 4. The van der Waals surface area contributed by atoms with E-state index >= 15 is 0 Å². The molecule has 1 aromatic heterocycles. The number of hydrogen-bond donors (Lipinski definition) is 2. The van der Waals surface area contributed by atoms with E-state index < -0.39 is 17.1 Å². The van der Waals surface area contributed by atoms with Crippen molar-refractivity contribution in [1.82, 2.24) is 9.55 Å². The van der Waals surface area contributed by atoms with Gasteiger partial charge in [0.25, 0.3) is 0 Å². The predicted molar refractivity (Wildman–Crippen MR) is 77.8 cm³/mol. The van der Waals surface area contributed by atoms with Gasteiger partial charge >= 0.3 is 17.1 Å². The molecule has 2 N–H and O–H groups in total. The highest BCUT2D eigenvalue weighted by atomic mass is 16.4. The number of aromatic nitrogens is 2. The molecule has 2 aromatic rings. The molecular formula is C15H16N2O4. The molecule has 1 unspecified atom stereocenters. The largest absolute Gasteiger partial charge is 0.478 e. The molecule has 3 rings (SSSR count).